The Kier molecular flexibility index (Phi) is 5.08. The highest BCUT2D eigenvalue weighted by Gasteiger charge is 2.32. The van der Waals surface area contributed by atoms with Crippen molar-refractivity contribution in [1.82, 2.24) is 9.88 Å². The molecule has 0 N–H and O–H groups in total. The molecule has 2 aromatic carbocycles. The summed E-state index contributed by atoms with van der Waals surface area (Å²) in [4.78, 5) is 20.3. The lowest BCUT2D eigenvalue weighted by Crippen LogP contribution is -2.49. The molecule has 150 valence electrons. The number of carbonyl (C=O) groups excluding carboxylic acids is 1. The molecule has 1 saturated heterocycles. The quantitative estimate of drug-likeness (QED) is 0.594. The molecule has 3 aromatic rings. The normalized spacial score (nSPS) is 15.0. The first-order valence-electron chi connectivity index (χ1n) is 9.09. The minimum atomic E-state index is -4.49. The Labute approximate surface area is 170 Å². The maximum atomic E-state index is 12.8. The van der Waals surface area contributed by atoms with Crippen LogP contribution in [-0.4, -0.2) is 42.0 Å². The summed E-state index contributed by atoms with van der Waals surface area (Å²) in [5.41, 5.74) is -0.265. The average Bonchev–Trinajstić information content (AvgIpc) is 2.72. The third kappa shape index (κ3) is 4.00. The van der Waals surface area contributed by atoms with E-state index in [1.807, 2.05) is 42.5 Å². The molecule has 4 nitrogen and oxygen atoms in total. The maximum absolute atomic E-state index is 12.8. The fourth-order valence-corrected chi connectivity index (χ4v) is 3.73. The predicted molar refractivity (Wildman–Crippen MR) is 106 cm³/mol. The van der Waals surface area contributed by atoms with E-state index in [2.05, 4.69) is 4.98 Å². The fourth-order valence-electron chi connectivity index (χ4n) is 3.44. The molecule has 0 aliphatic carbocycles. The van der Waals surface area contributed by atoms with Crippen LogP contribution in [0.25, 0.3) is 10.8 Å². The second-order valence-corrected chi connectivity index (χ2v) is 7.28. The summed E-state index contributed by atoms with van der Waals surface area (Å²) in [6, 6.07) is 14.3. The molecule has 1 fully saturated rings. The standard InChI is InChI=1S/C21H17ClF3N3O/c22-18-12-17(21(23,24)25)13-26-19(18)27-7-9-28(10-8-27)20(29)16-6-5-14-3-1-2-4-15(14)11-16/h1-6,11-13H,7-10H2. The number of halogens is 4. The molecule has 1 aliphatic rings. The molecule has 0 saturated carbocycles. The molecule has 2 heterocycles. The number of hydrogen-bond donors (Lipinski definition) is 0. The van der Waals surface area contributed by atoms with E-state index in [-0.39, 0.29) is 10.9 Å². The first kappa shape index (κ1) is 19.5. The van der Waals surface area contributed by atoms with Crippen LogP contribution in [0, 0.1) is 0 Å². The van der Waals surface area contributed by atoms with Gasteiger partial charge in [0, 0.05) is 37.9 Å². The largest absolute Gasteiger partial charge is 0.417 e. The molecule has 1 aromatic heterocycles. The van der Waals surface area contributed by atoms with Gasteiger partial charge in [0.15, 0.2) is 0 Å². The van der Waals surface area contributed by atoms with Crippen molar-refractivity contribution in [2.75, 3.05) is 31.1 Å². The number of fused-ring (bicyclic) bond motifs is 1. The molecule has 0 spiro atoms. The first-order valence-corrected chi connectivity index (χ1v) is 9.46. The summed E-state index contributed by atoms with van der Waals surface area (Å²) in [5.74, 6) is 0.236. The molecule has 29 heavy (non-hydrogen) atoms. The highest BCUT2D eigenvalue weighted by molar-refractivity contribution is 6.33. The molecule has 0 bridgehead atoms. The van der Waals surface area contributed by atoms with Crippen molar-refractivity contribution in [1.29, 1.82) is 0 Å². The summed E-state index contributed by atoms with van der Waals surface area (Å²) < 4.78 is 38.4. The van der Waals surface area contributed by atoms with Crippen LogP contribution in [0.2, 0.25) is 5.02 Å². The second kappa shape index (κ2) is 7.55. The molecule has 0 radical (unpaired) electrons. The zero-order valence-corrected chi connectivity index (χ0v) is 16.0. The zero-order chi connectivity index (χ0) is 20.6. The van der Waals surface area contributed by atoms with E-state index < -0.39 is 11.7 Å². The lowest BCUT2D eigenvalue weighted by Gasteiger charge is -2.36. The van der Waals surface area contributed by atoms with Gasteiger partial charge < -0.3 is 9.80 Å². The number of aromatic nitrogens is 1. The van der Waals surface area contributed by atoms with Gasteiger partial charge in [0.05, 0.1) is 10.6 Å². The summed E-state index contributed by atoms with van der Waals surface area (Å²) in [7, 11) is 0. The van der Waals surface area contributed by atoms with E-state index in [0.29, 0.717) is 37.6 Å². The summed E-state index contributed by atoms with van der Waals surface area (Å²) in [6.07, 6.45) is -3.70. The van der Waals surface area contributed by atoms with Gasteiger partial charge in [-0.3, -0.25) is 4.79 Å². The van der Waals surface area contributed by atoms with Crippen LogP contribution in [0.3, 0.4) is 0 Å². The lowest BCUT2D eigenvalue weighted by molar-refractivity contribution is -0.137. The van der Waals surface area contributed by atoms with E-state index in [1.165, 1.54) is 0 Å². The SMILES string of the molecule is O=C(c1ccc2ccccc2c1)N1CCN(c2ncc(C(F)(F)F)cc2Cl)CC1. The third-order valence-corrected chi connectivity index (χ3v) is 5.29. The van der Waals surface area contributed by atoms with Crippen LogP contribution in [0.1, 0.15) is 15.9 Å². The number of carbonyl (C=O) groups is 1. The van der Waals surface area contributed by atoms with Gasteiger partial charge >= 0.3 is 6.18 Å². The summed E-state index contributed by atoms with van der Waals surface area (Å²) >= 11 is 6.03. The molecular weight excluding hydrogens is 403 g/mol. The van der Waals surface area contributed by atoms with E-state index in [9.17, 15) is 18.0 Å². The number of nitrogens with zero attached hydrogens (tertiary/aromatic N) is 3. The van der Waals surface area contributed by atoms with E-state index in [4.69, 9.17) is 11.6 Å². The Bertz CT molecular complexity index is 1060. The third-order valence-electron chi connectivity index (χ3n) is 5.01. The monoisotopic (exact) mass is 419 g/mol. The minimum Gasteiger partial charge on any atom is -0.352 e. The van der Waals surface area contributed by atoms with Crippen molar-refractivity contribution in [3.63, 3.8) is 0 Å². The highest BCUT2D eigenvalue weighted by Crippen LogP contribution is 2.33. The number of rotatable bonds is 2. The molecule has 4 rings (SSSR count). The van der Waals surface area contributed by atoms with Gasteiger partial charge in [-0.05, 0) is 29.0 Å². The van der Waals surface area contributed by atoms with Gasteiger partial charge in [-0.25, -0.2) is 4.98 Å². The predicted octanol–water partition coefficient (Wildman–Crippen LogP) is 4.87. The van der Waals surface area contributed by atoms with E-state index >= 15 is 0 Å². The molecular formula is C21H17ClF3N3O. The van der Waals surface area contributed by atoms with E-state index in [1.54, 1.807) is 9.80 Å². The number of benzene rings is 2. The smallest absolute Gasteiger partial charge is 0.352 e. The van der Waals surface area contributed by atoms with E-state index in [0.717, 1.165) is 23.0 Å². The van der Waals surface area contributed by atoms with Crippen LogP contribution in [0.4, 0.5) is 19.0 Å². The zero-order valence-electron chi connectivity index (χ0n) is 15.3. The Morgan fingerprint density at radius 2 is 1.66 bits per heavy atom. The Balaban J connectivity index is 1.45. The number of alkyl halides is 3. The lowest BCUT2D eigenvalue weighted by atomic mass is 10.1. The second-order valence-electron chi connectivity index (χ2n) is 6.87. The van der Waals surface area contributed by atoms with Crippen LogP contribution in [0.15, 0.2) is 54.7 Å². The summed E-state index contributed by atoms with van der Waals surface area (Å²) in [5, 5.41) is 2.02. The highest BCUT2D eigenvalue weighted by atomic mass is 35.5. The molecule has 0 atom stereocenters. The van der Waals surface area contributed by atoms with Gasteiger partial charge in [-0.15, -0.1) is 0 Å². The number of piperazine rings is 1. The fraction of sp³-hybridized carbons (Fsp3) is 0.238. The van der Waals surface area contributed by atoms with Crippen molar-refractivity contribution < 1.29 is 18.0 Å². The molecule has 1 aliphatic heterocycles. The van der Waals surface area contributed by atoms with Gasteiger partial charge in [0.2, 0.25) is 0 Å². The van der Waals surface area contributed by atoms with Crippen molar-refractivity contribution in [2.24, 2.45) is 0 Å². The Hall–Kier alpha value is -2.80. The number of anilines is 1. The Morgan fingerprint density at radius 1 is 0.966 bits per heavy atom. The van der Waals surface area contributed by atoms with Gasteiger partial charge in [0.1, 0.15) is 5.82 Å². The van der Waals surface area contributed by atoms with Gasteiger partial charge in [0.25, 0.3) is 5.91 Å². The van der Waals surface area contributed by atoms with Crippen LogP contribution < -0.4 is 4.90 Å². The van der Waals surface area contributed by atoms with Crippen LogP contribution in [0.5, 0.6) is 0 Å². The summed E-state index contributed by atoms with van der Waals surface area (Å²) in [6.45, 7) is 1.75. The number of amides is 1. The Morgan fingerprint density at radius 3 is 2.31 bits per heavy atom. The van der Waals surface area contributed by atoms with Crippen molar-refractivity contribution in [2.45, 2.75) is 6.18 Å². The molecule has 0 unspecified atom stereocenters. The number of hydrogen-bond acceptors (Lipinski definition) is 3. The minimum absolute atomic E-state index is 0.0471. The van der Waals surface area contributed by atoms with Crippen LogP contribution in [-0.2, 0) is 6.18 Å². The first-order chi connectivity index (χ1) is 13.8. The molecule has 1 amide bonds. The van der Waals surface area contributed by atoms with Gasteiger partial charge in [-0.1, -0.05) is 41.9 Å². The van der Waals surface area contributed by atoms with Crippen molar-refractivity contribution in [3.05, 3.63) is 70.9 Å². The topological polar surface area (TPSA) is 36.4 Å². The van der Waals surface area contributed by atoms with Gasteiger partial charge in [-0.2, -0.15) is 13.2 Å². The van der Waals surface area contributed by atoms with Crippen LogP contribution >= 0.6 is 11.6 Å². The molecule has 8 heteroatoms. The number of pyridine rings is 1. The van der Waals surface area contributed by atoms with Crippen molar-refractivity contribution >= 4 is 34.1 Å². The van der Waals surface area contributed by atoms with Crippen molar-refractivity contribution in [3.8, 4) is 0 Å². The average molecular weight is 420 g/mol. The maximum Gasteiger partial charge on any atom is 0.417 e.